The molecule has 1 atom stereocenters. The minimum absolute atomic E-state index is 0.000247. The van der Waals surface area contributed by atoms with E-state index in [9.17, 15) is 16.8 Å². The SMILES string of the molecule is CCN(CC)C(C)CNS(=O)(=O)c1cc(S(C)(=O)=O)ccc1C. The van der Waals surface area contributed by atoms with Crippen LogP contribution in [0.3, 0.4) is 0 Å². The highest BCUT2D eigenvalue weighted by Gasteiger charge is 2.21. The molecule has 0 aliphatic carbocycles. The van der Waals surface area contributed by atoms with Gasteiger partial charge in [0.05, 0.1) is 9.79 Å². The normalized spacial score (nSPS) is 14.2. The predicted molar refractivity (Wildman–Crippen MR) is 91.9 cm³/mol. The predicted octanol–water partition coefficient (Wildman–Crippen LogP) is 1.41. The van der Waals surface area contributed by atoms with Gasteiger partial charge in [-0.15, -0.1) is 0 Å². The van der Waals surface area contributed by atoms with Crippen LogP contribution in [0, 0.1) is 6.92 Å². The van der Waals surface area contributed by atoms with Crippen LogP contribution in [0.5, 0.6) is 0 Å². The average Bonchev–Trinajstić information content (AvgIpc) is 2.45. The monoisotopic (exact) mass is 362 g/mol. The molecule has 1 aromatic rings. The molecule has 0 aliphatic rings. The Hall–Kier alpha value is -0.960. The third-order valence-corrected chi connectivity index (χ3v) is 6.56. The van der Waals surface area contributed by atoms with Crippen molar-refractivity contribution < 1.29 is 16.8 Å². The first kappa shape index (κ1) is 20.1. The zero-order valence-electron chi connectivity index (χ0n) is 14.3. The van der Waals surface area contributed by atoms with Crippen molar-refractivity contribution in [3.63, 3.8) is 0 Å². The van der Waals surface area contributed by atoms with Crippen LogP contribution >= 0.6 is 0 Å². The molecular formula is C15H26N2O4S2. The molecule has 0 saturated carbocycles. The van der Waals surface area contributed by atoms with E-state index in [2.05, 4.69) is 9.62 Å². The van der Waals surface area contributed by atoms with Gasteiger partial charge >= 0.3 is 0 Å². The van der Waals surface area contributed by atoms with Crippen molar-refractivity contribution >= 4 is 19.9 Å². The molecule has 6 nitrogen and oxygen atoms in total. The van der Waals surface area contributed by atoms with E-state index in [1.807, 2.05) is 20.8 Å². The maximum absolute atomic E-state index is 12.5. The van der Waals surface area contributed by atoms with E-state index in [4.69, 9.17) is 0 Å². The number of sulfone groups is 1. The largest absolute Gasteiger partial charge is 0.300 e. The van der Waals surface area contributed by atoms with Crippen molar-refractivity contribution in [2.75, 3.05) is 25.9 Å². The number of hydrogen-bond acceptors (Lipinski definition) is 5. The van der Waals surface area contributed by atoms with Gasteiger partial charge in [-0.3, -0.25) is 4.90 Å². The van der Waals surface area contributed by atoms with Gasteiger partial charge in [0.2, 0.25) is 10.0 Å². The first-order chi connectivity index (χ1) is 10.5. The Morgan fingerprint density at radius 1 is 1.13 bits per heavy atom. The van der Waals surface area contributed by atoms with Crippen LogP contribution < -0.4 is 4.72 Å². The molecule has 0 amide bonds. The minimum Gasteiger partial charge on any atom is -0.300 e. The molecule has 0 fully saturated rings. The van der Waals surface area contributed by atoms with Gasteiger partial charge in [-0.1, -0.05) is 19.9 Å². The first-order valence-electron chi connectivity index (χ1n) is 7.57. The van der Waals surface area contributed by atoms with Crippen LogP contribution in [0.2, 0.25) is 0 Å². The highest BCUT2D eigenvalue weighted by atomic mass is 32.2. The highest BCUT2D eigenvalue weighted by Crippen LogP contribution is 2.20. The molecule has 23 heavy (non-hydrogen) atoms. The molecule has 0 aromatic heterocycles. The molecule has 0 heterocycles. The summed E-state index contributed by atoms with van der Waals surface area (Å²) in [6, 6.07) is 4.20. The van der Waals surface area contributed by atoms with E-state index in [0.29, 0.717) is 5.56 Å². The van der Waals surface area contributed by atoms with E-state index < -0.39 is 19.9 Å². The smallest absolute Gasteiger partial charge is 0.240 e. The summed E-state index contributed by atoms with van der Waals surface area (Å²) in [6.07, 6.45) is 1.06. The third-order valence-electron chi connectivity index (χ3n) is 3.88. The second-order valence-electron chi connectivity index (χ2n) is 5.62. The Balaban J connectivity index is 3.05. The fraction of sp³-hybridized carbons (Fsp3) is 0.600. The third kappa shape index (κ3) is 5.27. The summed E-state index contributed by atoms with van der Waals surface area (Å²) < 4.78 is 50.9. The van der Waals surface area contributed by atoms with Gasteiger partial charge < -0.3 is 0 Å². The van der Waals surface area contributed by atoms with Crippen LogP contribution in [-0.2, 0) is 19.9 Å². The van der Waals surface area contributed by atoms with Crippen LogP contribution in [0.15, 0.2) is 28.0 Å². The summed E-state index contributed by atoms with van der Waals surface area (Å²) in [5.74, 6) is 0. The summed E-state index contributed by atoms with van der Waals surface area (Å²) in [4.78, 5) is 2.15. The zero-order valence-corrected chi connectivity index (χ0v) is 16.0. The molecule has 0 radical (unpaired) electrons. The number of hydrogen-bond donors (Lipinski definition) is 1. The van der Waals surface area contributed by atoms with Gasteiger partial charge in [-0.25, -0.2) is 21.6 Å². The van der Waals surface area contributed by atoms with Gasteiger partial charge in [0.25, 0.3) is 0 Å². The minimum atomic E-state index is -3.76. The number of benzene rings is 1. The Morgan fingerprint density at radius 3 is 2.17 bits per heavy atom. The number of rotatable bonds is 8. The fourth-order valence-electron chi connectivity index (χ4n) is 2.38. The molecular weight excluding hydrogens is 336 g/mol. The number of nitrogens with one attached hydrogen (secondary N) is 1. The molecule has 8 heteroatoms. The lowest BCUT2D eigenvalue weighted by Gasteiger charge is -2.26. The average molecular weight is 363 g/mol. The van der Waals surface area contributed by atoms with Crippen molar-refractivity contribution in [1.82, 2.24) is 9.62 Å². The molecule has 0 spiro atoms. The van der Waals surface area contributed by atoms with Crippen molar-refractivity contribution in [3.8, 4) is 0 Å². The van der Waals surface area contributed by atoms with Gasteiger partial charge in [0.15, 0.2) is 9.84 Å². The number of sulfonamides is 1. The lowest BCUT2D eigenvalue weighted by molar-refractivity contribution is 0.232. The lowest BCUT2D eigenvalue weighted by Crippen LogP contribution is -2.42. The Bertz CT molecular complexity index is 739. The van der Waals surface area contributed by atoms with E-state index in [1.165, 1.54) is 18.2 Å². The van der Waals surface area contributed by atoms with Crippen LogP contribution in [0.4, 0.5) is 0 Å². The Kier molecular flexibility index (Phi) is 6.76. The van der Waals surface area contributed by atoms with Crippen LogP contribution in [-0.4, -0.2) is 53.7 Å². The van der Waals surface area contributed by atoms with E-state index in [-0.39, 0.29) is 22.4 Å². The maximum Gasteiger partial charge on any atom is 0.240 e. The van der Waals surface area contributed by atoms with Crippen molar-refractivity contribution in [1.29, 1.82) is 0 Å². The van der Waals surface area contributed by atoms with E-state index >= 15 is 0 Å². The highest BCUT2D eigenvalue weighted by molar-refractivity contribution is 7.91. The van der Waals surface area contributed by atoms with Gasteiger partial charge in [-0.2, -0.15) is 0 Å². The molecule has 1 unspecified atom stereocenters. The number of aryl methyl sites for hydroxylation is 1. The summed E-state index contributed by atoms with van der Waals surface area (Å²) in [5, 5.41) is 0. The fourth-order valence-corrected chi connectivity index (χ4v) is 4.50. The molecule has 1 aromatic carbocycles. The number of likely N-dealkylation sites (N-methyl/N-ethyl adjacent to an activating group) is 1. The summed E-state index contributed by atoms with van der Waals surface area (Å²) in [6.45, 7) is 9.59. The van der Waals surface area contributed by atoms with E-state index in [1.54, 1.807) is 6.92 Å². The first-order valence-corrected chi connectivity index (χ1v) is 10.9. The second kappa shape index (κ2) is 7.74. The Labute approximate surface area is 139 Å². The van der Waals surface area contributed by atoms with E-state index in [0.717, 1.165) is 19.3 Å². The quantitative estimate of drug-likeness (QED) is 0.756. The second-order valence-corrected chi connectivity index (χ2v) is 9.37. The van der Waals surface area contributed by atoms with Crippen molar-refractivity contribution in [2.45, 2.75) is 43.5 Å². The standard InChI is InChI=1S/C15H26N2O4S2/c1-6-17(7-2)13(4)11-16-23(20,21)15-10-14(22(5,18)19)9-8-12(15)3/h8-10,13,16H,6-7,11H2,1-5H3. The van der Waals surface area contributed by atoms with Crippen LogP contribution in [0.25, 0.3) is 0 Å². The molecule has 1 N–H and O–H groups in total. The molecule has 0 bridgehead atoms. The van der Waals surface area contributed by atoms with Crippen LogP contribution in [0.1, 0.15) is 26.3 Å². The van der Waals surface area contributed by atoms with Gasteiger partial charge in [0, 0.05) is 18.8 Å². The van der Waals surface area contributed by atoms with Crippen molar-refractivity contribution in [2.24, 2.45) is 0 Å². The molecule has 1 rings (SSSR count). The lowest BCUT2D eigenvalue weighted by atomic mass is 10.2. The van der Waals surface area contributed by atoms with Gasteiger partial charge in [-0.05, 0) is 44.6 Å². The van der Waals surface area contributed by atoms with Crippen molar-refractivity contribution in [3.05, 3.63) is 23.8 Å². The topological polar surface area (TPSA) is 83.6 Å². The Morgan fingerprint density at radius 2 is 1.70 bits per heavy atom. The molecule has 0 aliphatic heterocycles. The van der Waals surface area contributed by atoms with Gasteiger partial charge in [0.1, 0.15) is 0 Å². The molecule has 0 saturated heterocycles. The summed E-state index contributed by atoms with van der Waals surface area (Å²) in [7, 11) is -7.22. The maximum atomic E-state index is 12.5. The molecule has 132 valence electrons. The zero-order chi connectivity index (χ0) is 17.8. The summed E-state index contributed by atoms with van der Waals surface area (Å²) in [5.41, 5.74) is 0.514. The summed E-state index contributed by atoms with van der Waals surface area (Å²) >= 11 is 0. The number of nitrogens with zero attached hydrogens (tertiary/aromatic N) is 1.